The molecule has 2 unspecified atom stereocenters. The fourth-order valence-electron chi connectivity index (χ4n) is 3.54. The third kappa shape index (κ3) is 2.64. The Bertz CT molecular complexity index is 542. The summed E-state index contributed by atoms with van der Waals surface area (Å²) in [6.45, 7) is 4.89. The SMILES string of the molecule is CC(C)N1C(=O)CCCC(N)C1c1ccc2c(c1)CCO2. The quantitative estimate of drug-likeness (QED) is 0.909. The molecule has 0 radical (unpaired) electrons. The number of carbonyl (C=O) groups excluding carboxylic acids is 1. The van der Waals surface area contributed by atoms with Gasteiger partial charge in [-0.2, -0.15) is 0 Å². The number of rotatable bonds is 2. The van der Waals surface area contributed by atoms with Crippen LogP contribution in [0.1, 0.15) is 50.3 Å². The minimum Gasteiger partial charge on any atom is -0.493 e. The highest BCUT2D eigenvalue weighted by molar-refractivity contribution is 5.77. The van der Waals surface area contributed by atoms with Crippen molar-refractivity contribution in [2.24, 2.45) is 5.73 Å². The molecular formula is C17H24N2O2. The molecule has 114 valence electrons. The molecule has 0 aromatic heterocycles. The summed E-state index contributed by atoms with van der Waals surface area (Å²) >= 11 is 0. The molecule has 3 rings (SSSR count). The van der Waals surface area contributed by atoms with Gasteiger partial charge in [0.25, 0.3) is 0 Å². The lowest BCUT2D eigenvalue weighted by atomic mass is 9.93. The van der Waals surface area contributed by atoms with E-state index >= 15 is 0 Å². The highest BCUT2D eigenvalue weighted by Gasteiger charge is 2.34. The molecule has 1 aromatic carbocycles. The molecule has 1 aromatic rings. The lowest BCUT2D eigenvalue weighted by Gasteiger charge is -2.37. The number of likely N-dealkylation sites (tertiary alicyclic amines) is 1. The van der Waals surface area contributed by atoms with Crippen LogP contribution in [0.5, 0.6) is 5.75 Å². The predicted molar refractivity (Wildman–Crippen MR) is 82.2 cm³/mol. The Labute approximate surface area is 126 Å². The van der Waals surface area contributed by atoms with Gasteiger partial charge in [0.05, 0.1) is 12.6 Å². The van der Waals surface area contributed by atoms with Crippen molar-refractivity contribution in [2.45, 2.75) is 57.7 Å². The summed E-state index contributed by atoms with van der Waals surface area (Å²) in [6.07, 6.45) is 3.33. The van der Waals surface area contributed by atoms with Crippen LogP contribution in [-0.4, -0.2) is 29.5 Å². The molecule has 2 N–H and O–H groups in total. The van der Waals surface area contributed by atoms with Crippen LogP contribution in [0.2, 0.25) is 0 Å². The zero-order valence-corrected chi connectivity index (χ0v) is 12.8. The van der Waals surface area contributed by atoms with Gasteiger partial charge in [0.2, 0.25) is 5.91 Å². The maximum atomic E-state index is 12.5. The van der Waals surface area contributed by atoms with Crippen LogP contribution < -0.4 is 10.5 Å². The Morgan fingerprint density at radius 3 is 2.90 bits per heavy atom. The van der Waals surface area contributed by atoms with Gasteiger partial charge in [0, 0.05) is 24.9 Å². The minimum atomic E-state index is -0.0223. The Morgan fingerprint density at radius 2 is 2.14 bits per heavy atom. The van der Waals surface area contributed by atoms with E-state index in [4.69, 9.17) is 10.5 Å². The molecule has 0 saturated carbocycles. The van der Waals surface area contributed by atoms with Crippen molar-refractivity contribution in [1.29, 1.82) is 0 Å². The first-order valence-electron chi connectivity index (χ1n) is 7.90. The number of fused-ring (bicyclic) bond motifs is 1. The predicted octanol–water partition coefficient (Wildman–Crippen LogP) is 2.41. The van der Waals surface area contributed by atoms with Crippen LogP contribution in [0, 0.1) is 0 Å². The molecule has 2 aliphatic heterocycles. The zero-order valence-electron chi connectivity index (χ0n) is 12.8. The normalized spacial score (nSPS) is 25.7. The summed E-state index contributed by atoms with van der Waals surface area (Å²) in [4.78, 5) is 14.4. The van der Waals surface area contributed by atoms with Crippen LogP contribution in [0.15, 0.2) is 18.2 Å². The summed E-state index contributed by atoms with van der Waals surface area (Å²) < 4.78 is 5.58. The molecule has 2 aliphatic rings. The smallest absolute Gasteiger partial charge is 0.223 e. The van der Waals surface area contributed by atoms with E-state index in [2.05, 4.69) is 26.0 Å². The Hall–Kier alpha value is -1.55. The van der Waals surface area contributed by atoms with Crippen molar-refractivity contribution in [3.63, 3.8) is 0 Å². The average Bonchev–Trinajstić information content (AvgIpc) is 2.84. The van der Waals surface area contributed by atoms with Gasteiger partial charge in [-0.15, -0.1) is 0 Å². The molecule has 1 saturated heterocycles. The molecular weight excluding hydrogens is 264 g/mol. The number of nitrogens with zero attached hydrogens (tertiary/aromatic N) is 1. The number of benzene rings is 1. The van der Waals surface area contributed by atoms with Crippen molar-refractivity contribution in [3.05, 3.63) is 29.3 Å². The first-order valence-corrected chi connectivity index (χ1v) is 7.90. The van der Waals surface area contributed by atoms with Crippen LogP contribution in [0.25, 0.3) is 0 Å². The zero-order chi connectivity index (χ0) is 15.0. The van der Waals surface area contributed by atoms with Gasteiger partial charge in [-0.05, 0) is 49.9 Å². The van der Waals surface area contributed by atoms with Crippen molar-refractivity contribution in [3.8, 4) is 5.75 Å². The summed E-state index contributed by atoms with van der Waals surface area (Å²) in [7, 11) is 0. The second-order valence-electron chi connectivity index (χ2n) is 6.36. The monoisotopic (exact) mass is 288 g/mol. The molecule has 2 atom stereocenters. The summed E-state index contributed by atoms with van der Waals surface area (Å²) in [5.41, 5.74) is 8.81. The van der Waals surface area contributed by atoms with Crippen molar-refractivity contribution < 1.29 is 9.53 Å². The highest BCUT2D eigenvalue weighted by Crippen LogP contribution is 2.35. The third-order valence-corrected chi connectivity index (χ3v) is 4.53. The molecule has 2 heterocycles. The summed E-state index contributed by atoms with van der Waals surface area (Å²) in [5.74, 6) is 1.20. The first-order chi connectivity index (χ1) is 10.1. The lowest BCUT2D eigenvalue weighted by molar-refractivity contribution is -0.135. The molecule has 0 spiro atoms. The van der Waals surface area contributed by atoms with Crippen molar-refractivity contribution >= 4 is 5.91 Å². The molecule has 4 heteroatoms. The number of hydrogen-bond acceptors (Lipinski definition) is 3. The Balaban J connectivity index is 2.00. The van der Waals surface area contributed by atoms with Gasteiger partial charge in [-0.1, -0.05) is 6.07 Å². The number of ether oxygens (including phenoxy) is 1. The van der Waals surface area contributed by atoms with Gasteiger partial charge in [-0.25, -0.2) is 0 Å². The van der Waals surface area contributed by atoms with Crippen LogP contribution >= 0.6 is 0 Å². The number of nitrogens with two attached hydrogens (primary N) is 1. The maximum absolute atomic E-state index is 12.5. The fraction of sp³-hybridized carbons (Fsp3) is 0.588. The Kier molecular flexibility index (Phi) is 3.89. The van der Waals surface area contributed by atoms with Crippen molar-refractivity contribution in [2.75, 3.05) is 6.61 Å². The number of carbonyl (C=O) groups is 1. The van der Waals surface area contributed by atoms with E-state index in [-0.39, 0.29) is 24.0 Å². The standard InChI is InChI=1S/C17H24N2O2/c1-11(2)19-16(20)5-3-4-14(18)17(19)13-6-7-15-12(10-13)8-9-21-15/h6-7,10-11,14,17H,3-5,8-9,18H2,1-2H3. The molecule has 4 nitrogen and oxygen atoms in total. The fourth-order valence-corrected chi connectivity index (χ4v) is 3.54. The third-order valence-electron chi connectivity index (χ3n) is 4.53. The second kappa shape index (κ2) is 5.68. The molecule has 1 amide bonds. The first kappa shape index (κ1) is 14.4. The highest BCUT2D eigenvalue weighted by atomic mass is 16.5. The second-order valence-corrected chi connectivity index (χ2v) is 6.36. The summed E-state index contributed by atoms with van der Waals surface area (Å²) in [5, 5.41) is 0. The Morgan fingerprint density at radius 1 is 1.33 bits per heavy atom. The largest absolute Gasteiger partial charge is 0.493 e. The van der Waals surface area contributed by atoms with Gasteiger partial charge >= 0.3 is 0 Å². The van der Waals surface area contributed by atoms with E-state index in [0.29, 0.717) is 6.42 Å². The average molecular weight is 288 g/mol. The minimum absolute atomic E-state index is 0.000721. The van der Waals surface area contributed by atoms with E-state index in [9.17, 15) is 4.79 Å². The molecule has 21 heavy (non-hydrogen) atoms. The van der Waals surface area contributed by atoms with E-state index < -0.39 is 0 Å². The van der Waals surface area contributed by atoms with E-state index in [1.54, 1.807) is 0 Å². The van der Waals surface area contributed by atoms with Crippen LogP contribution in [0.3, 0.4) is 0 Å². The van der Waals surface area contributed by atoms with Gasteiger partial charge < -0.3 is 15.4 Å². The molecule has 0 aliphatic carbocycles. The van der Waals surface area contributed by atoms with Gasteiger partial charge in [-0.3, -0.25) is 4.79 Å². The maximum Gasteiger partial charge on any atom is 0.223 e. The van der Waals surface area contributed by atoms with E-state index in [0.717, 1.165) is 37.2 Å². The lowest BCUT2D eigenvalue weighted by Crippen LogP contribution is -2.45. The van der Waals surface area contributed by atoms with Gasteiger partial charge in [0.1, 0.15) is 5.75 Å². The van der Waals surface area contributed by atoms with Crippen molar-refractivity contribution in [1.82, 2.24) is 4.90 Å². The van der Waals surface area contributed by atoms with E-state index in [1.165, 1.54) is 5.56 Å². The number of hydrogen-bond donors (Lipinski definition) is 1. The molecule has 1 fully saturated rings. The topological polar surface area (TPSA) is 55.6 Å². The van der Waals surface area contributed by atoms with E-state index in [1.807, 2.05) is 11.0 Å². The summed E-state index contributed by atoms with van der Waals surface area (Å²) in [6, 6.07) is 6.42. The molecule has 0 bridgehead atoms. The van der Waals surface area contributed by atoms with Crippen LogP contribution in [0.4, 0.5) is 0 Å². The van der Waals surface area contributed by atoms with Crippen LogP contribution in [-0.2, 0) is 11.2 Å². The van der Waals surface area contributed by atoms with Gasteiger partial charge in [0.15, 0.2) is 0 Å². The number of amides is 1.